The van der Waals surface area contributed by atoms with Crippen molar-refractivity contribution in [2.24, 2.45) is 0 Å². The quantitative estimate of drug-likeness (QED) is 0.832. The molecule has 1 amide bonds. The predicted molar refractivity (Wildman–Crippen MR) is 82.9 cm³/mol. The van der Waals surface area contributed by atoms with Crippen LogP contribution in [0.15, 0.2) is 28.9 Å². The Morgan fingerprint density at radius 2 is 2.29 bits per heavy atom. The minimum Gasteiger partial charge on any atom is -0.396 e. The minimum absolute atomic E-state index is 0.112. The van der Waals surface area contributed by atoms with Gasteiger partial charge in [-0.15, -0.1) is 5.10 Å². The zero-order chi connectivity index (χ0) is 15.2. The number of carbonyl (C=O) groups is 1. The number of amides is 1. The smallest absolute Gasteiger partial charge is 0.246 e. The van der Waals surface area contributed by atoms with Crippen LogP contribution in [0.4, 0.5) is 5.69 Å². The molecule has 0 saturated carbocycles. The number of aliphatic hydroxyl groups excluding tert-OH is 1. The molecule has 7 heteroatoms. The highest BCUT2D eigenvalue weighted by molar-refractivity contribution is 9.10. The van der Waals surface area contributed by atoms with E-state index in [0.717, 1.165) is 21.4 Å². The lowest BCUT2D eigenvalue weighted by atomic mass is 10.2. The van der Waals surface area contributed by atoms with Crippen LogP contribution in [0.5, 0.6) is 0 Å². The molecule has 0 radical (unpaired) electrons. The molecule has 0 aliphatic heterocycles. The Balaban J connectivity index is 1.91. The van der Waals surface area contributed by atoms with E-state index in [1.165, 1.54) is 4.68 Å². The Morgan fingerprint density at radius 3 is 3.00 bits per heavy atom. The maximum absolute atomic E-state index is 11.9. The fourth-order valence-corrected chi connectivity index (χ4v) is 2.11. The molecule has 0 aliphatic carbocycles. The van der Waals surface area contributed by atoms with E-state index in [1.807, 2.05) is 25.1 Å². The Labute approximate surface area is 131 Å². The molecule has 2 N–H and O–H groups in total. The average molecular weight is 353 g/mol. The van der Waals surface area contributed by atoms with Crippen molar-refractivity contribution in [2.45, 2.75) is 26.3 Å². The van der Waals surface area contributed by atoms with Crippen LogP contribution < -0.4 is 5.32 Å². The Kier molecular flexibility index (Phi) is 5.46. The molecule has 0 fully saturated rings. The fourth-order valence-electron chi connectivity index (χ4n) is 1.86. The van der Waals surface area contributed by atoms with Crippen molar-refractivity contribution in [1.29, 1.82) is 0 Å². The van der Waals surface area contributed by atoms with Crippen molar-refractivity contribution >= 4 is 27.5 Å². The van der Waals surface area contributed by atoms with Gasteiger partial charge in [-0.2, -0.15) is 0 Å². The highest BCUT2D eigenvalue weighted by atomic mass is 79.9. The molecule has 0 atom stereocenters. The normalized spacial score (nSPS) is 10.6. The molecule has 1 aromatic carbocycles. The van der Waals surface area contributed by atoms with Crippen LogP contribution in [0.3, 0.4) is 0 Å². The SMILES string of the molecule is Cc1cc(NC(=O)Cn2cc(CCCO)nn2)ccc1Br. The summed E-state index contributed by atoms with van der Waals surface area (Å²) in [7, 11) is 0. The number of nitrogens with zero attached hydrogens (tertiary/aromatic N) is 3. The lowest BCUT2D eigenvalue weighted by Crippen LogP contribution is -2.19. The summed E-state index contributed by atoms with van der Waals surface area (Å²) in [5.74, 6) is -0.157. The summed E-state index contributed by atoms with van der Waals surface area (Å²) in [4.78, 5) is 11.9. The molecule has 0 aliphatic rings. The second-order valence-electron chi connectivity index (χ2n) is 4.75. The number of aromatic nitrogens is 3. The van der Waals surface area contributed by atoms with Crippen LogP contribution in [0.2, 0.25) is 0 Å². The maximum atomic E-state index is 11.9. The third kappa shape index (κ3) is 4.64. The van der Waals surface area contributed by atoms with E-state index < -0.39 is 0 Å². The monoisotopic (exact) mass is 352 g/mol. The molecule has 112 valence electrons. The van der Waals surface area contributed by atoms with Gasteiger partial charge in [0.05, 0.1) is 5.69 Å². The number of aryl methyl sites for hydroxylation is 2. The number of halogens is 1. The minimum atomic E-state index is -0.157. The van der Waals surface area contributed by atoms with Crippen molar-refractivity contribution in [3.05, 3.63) is 40.1 Å². The van der Waals surface area contributed by atoms with Crippen LogP contribution in [-0.2, 0) is 17.8 Å². The first-order valence-electron chi connectivity index (χ1n) is 6.64. The molecule has 6 nitrogen and oxygen atoms in total. The van der Waals surface area contributed by atoms with Crippen LogP contribution in [-0.4, -0.2) is 32.6 Å². The number of anilines is 1. The van der Waals surface area contributed by atoms with Crippen LogP contribution in [0.1, 0.15) is 17.7 Å². The van der Waals surface area contributed by atoms with Crippen molar-refractivity contribution < 1.29 is 9.90 Å². The second kappa shape index (κ2) is 7.33. The summed E-state index contributed by atoms with van der Waals surface area (Å²) in [6.45, 7) is 2.20. The van der Waals surface area contributed by atoms with Gasteiger partial charge in [0.25, 0.3) is 0 Å². The van der Waals surface area contributed by atoms with E-state index in [4.69, 9.17) is 5.11 Å². The number of nitrogens with one attached hydrogen (secondary N) is 1. The largest absolute Gasteiger partial charge is 0.396 e. The first kappa shape index (κ1) is 15.7. The van der Waals surface area contributed by atoms with Crippen LogP contribution in [0, 0.1) is 6.92 Å². The number of carbonyl (C=O) groups excluding carboxylic acids is 1. The van der Waals surface area contributed by atoms with E-state index in [0.29, 0.717) is 12.8 Å². The lowest BCUT2D eigenvalue weighted by molar-refractivity contribution is -0.116. The van der Waals surface area contributed by atoms with Gasteiger partial charge in [0.1, 0.15) is 6.54 Å². The van der Waals surface area contributed by atoms with E-state index >= 15 is 0 Å². The molecule has 2 rings (SSSR count). The Bertz CT molecular complexity index is 627. The Hall–Kier alpha value is -1.73. The number of benzene rings is 1. The third-order valence-corrected chi connectivity index (χ3v) is 3.81. The van der Waals surface area contributed by atoms with Crippen molar-refractivity contribution in [3.63, 3.8) is 0 Å². The molecule has 2 aromatic rings. The third-order valence-electron chi connectivity index (χ3n) is 2.92. The number of aliphatic hydroxyl groups is 1. The average Bonchev–Trinajstić information content (AvgIpc) is 2.88. The summed E-state index contributed by atoms with van der Waals surface area (Å²) in [5, 5.41) is 19.4. The highest BCUT2D eigenvalue weighted by Gasteiger charge is 2.07. The molecule has 0 spiro atoms. The Morgan fingerprint density at radius 1 is 1.48 bits per heavy atom. The second-order valence-corrected chi connectivity index (χ2v) is 5.60. The summed E-state index contributed by atoms with van der Waals surface area (Å²) in [6.07, 6.45) is 3.02. The number of rotatable bonds is 6. The van der Waals surface area contributed by atoms with Gasteiger partial charge >= 0.3 is 0 Å². The highest BCUT2D eigenvalue weighted by Crippen LogP contribution is 2.19. The van der Waals surface area contributed by atoms with Gasteiger partial charge in [-0.3, -0.25) is 4.79 Å². The predicted octanol–water partition coefficient (Wildman–Crippen LogP) is 1.91. The van der Waals surface area contributed by atoms with Gasteiger partial charge in [0, 0.05) is 23.0 Å². The summed E-state index contributed by atoms with van der Waals surface area (Å²) < 4.78 is 2.50. The van der Waals surface area contributed by atoms with Gasteiger partial charge in [-0.05, 0) is 43.5 Å². The first-order chi connectivity index (χ1) is 10.1. The fraction of sp³-hybridized carbons (Fsp3) is 0.357. The number of hydrogen-bond acceptors (Lipinski definition) is 4. The maximum Gasteiger partial charge on any atom is 0.246 e. The van der Waals surface area contributed by atoms with Gasteiger partial charge in [0.2, 0.25) is 5.91 Å². The van der Waals surface area contributed by atoms with Crippen molar-refractivity contribution in [2.75, 3.05) is 11.9 Å². The summed E-state index contributed by atoms with van der Waals surface area (Å²) in [5.41, 5.74) is 2.58. The van der Waals surface area contributed by atoms with E-state index in [-0.39, 0.29) is 19.1 Å². The van der Waals surface area contributed by atoms with E-state index in [1.54, 1.807) is 6.20 Å². The topological polar surface area (TPSA) is 80.0 Å². The molecule has 0 bridgehead atoms. The molecule has 1 heterocycles. The molecular formula is C14H17BrN4O2. The number of hydrogen-bond donors (Lipinski definition) is 2. The zero-order valence-corrected chi connectivity index (χ0v) is 13.3. The van der Waals surface area contributed by atoms with Gasteiger partial charge < -0.3 is 10.4 Å². The molecule has 1 aromatic heterocycles. The standard InChI is InChI=1S/C14H17BrN4O2/c1-10-7-11(4-5-13(10)15)16-14(21)9-19-8-12(17-18-19)3-2-6-20/h4-5,7-8,20H,2-3,6,9H2,1H3,(H,16,21). The first-order valence-corrected chi connectivity index (χ1v) is 7.43. The van der Waals surface area contributed by atoms with Gasteiger partial charge in [-0.25, -0.2) is 4.68 Å². The summed E-state index contributed by atoms with van der Waals surface area (Å²) in [6, 6.07) is 5.63. The molecule has 0 saturated heterocycles. The summed E-state index contributed by atoms with van der Waals surface area (Å²) >= 11 is 3.42. The van der Waals surface area contributed by atoms with Crippen LogP contribution >= 0.6 is 15.9 Å². The molecule has 21 heavy (non-hydrogen) atoms. The van der Waals surface area contributed by atoms with Crippen molar-refractivity contribution in [1.82, 2.24) is 15.0 Å². The van der Waals surface area contributed by atoms with Crippen molar-refractivity contribution in [3.8, 4) is 0 Å². The lowest BCUT2D eigenvalue weighted by Gasteiger charge is -2.06. The van der Waals surface area contributed by atoms with Gasteiger partial charge in [-0.1, -0.05) is 21.1 Å². The molecular weight excluding hydrogens is 336 g/mol. The van der Waals surface area contributed by atoms with Gasteiger partial charge in [0.15, 0.2) is 0 Å². The van der Waals surface area contributed by atoms with E-state index in [2.05, 4.69) is 31.6 Å². The zero-order valence-electron chi connectivity index (χ0n) is 11.7. The molecule has 0 unspecified atom stereocenters. The van der Waals surface area contributed by atoms with E-state index in [9.17, 15) is 4.79 Å². The van der Waals surface area contributed by atoms with Crippen LogP contribution in [0.25, 0.3) is 0 Å².